The van der Waals surface area contributed by atoms with Crippen LogP contribution < -0.4 is 0 Å². The van der Waals surface area contributed by atoms with Gasteiger partial charge in [-0.1, -0.05) is 25.5 Å². The number of allylic oxidation sites excluding steroid dienone is 1. The SMILES string of the molecule is C=C1CC[C@@H]2[C@](C)(CCC[C@]2(C)C(=O)O[C@@H]2O[C@@H](CO)[C@H](O)[C@H]2O)[C@H]1CCC1=CCOC1=O. The van der Waals surface area contributed by atoms with E-state index < -0.39 is 42.6 Å². The van der Waals surface area contributed by atoms with Crippen LogP contribution in [0, 0.1) is 22.7 Å². The number of hydrogen-bond donors (Lipinski definition) is 3. The summed E-state index contributed by atoms with van der Waals surface area (Å²) >= 11 is 0. The summed E-state index contributed by atoms with van der Waals surface area (Å²) < 4.78 is 16.0. The van der Waals surface area contributed by atoms with Crippen molar-refractivity contribution >= 4 is 11.9 Å². The molecule has 2 saturated carbocycles. The maximum atomic E-state index is 13.5. The maximum Gasteiger partial charge on any atom is 0.334 e. The minimum Gasteiger partial charge on any atom is -0.458 e. The normalized spacial score (nSPS) is 43.1. The molecule has 0 aromatic rings. The number of fused-ring (bicyclic) bond motifs is 1. The molecule has 4 rings (SSSR count). The van der Waals surface area contributed by atoms with Gasteiger partial charge in [0.15, 0.2) is 0 Å². The van der Waals surface area contributed by atoms with Crippen molar-refractivity contribution in [2.75, 3.05) is 13.2 Å². The second-order valence-corrected chi connectivity index (χ2v) is 10.6. The average Bonchev–Trinajstić information content (AvgIpc) is 3.30. The number of carbonyl (C=O) groups is 2. The van der Waals surface area contributed by atoms with Gasteiger partial charge in [-0.05, 0) is 68.8 Å². The molecule has 2 aliphatic heterocycles. The van der Waals surface area contributed by atoms with Crippen LogP contribution in [0.5, 0.6) is 0 Å². The second kappa shape index (κ2) is 9.13. The predicted octanol–water partition coefficient (Wildman–Crippen LogP) is 2.01. The van der Waals surface area contributed by atoms with Gasteiger partial charge in [0.1, 0.15) is 24.9 Å². The predicted molar refractivity (Wildman–Crippen MR) is 118 cm³/mol. The molecule has 2 aliphatic carbocycles. The molecule has 8 nitrogen and oxygen atoms in total. The van der Waals surface area contributed by atoms with Gasteiger partial charge in [-0.15, -0.1) is 0 Å². The van der Waals surface area contributed by atoms with E-state index in [1.807, 2.05) is 13.0 Å². The average molecular weight is 465 g/mol. The molecule has 8 heteroatoms. The van der Waals surface area contributed by atoms with Crippen LogP contribution in [0.1, 0.15) is 58.8 Å². The van der Waals surface area contributed by atoms with E-state index in [0.29, 0.717) is 19.4 Å². The van der Waals surface area contributed by atoms with Crippen molar-refractivity contribution in [3.8, 4) is 0 Å². The zero-order valence-corrected chi connectivity index (χ0v) is 19.5. The molecule has 3 fully saturated rings. The van der Waals surface area contributed by atoms with Gasteiger partial charge in [0.25, 0.3) is 0 Å². The summed E-state index contributed by atoms with van der Waals surface area (Å²) in [4.78, 5) is 25.4. The van der Waals surface area contributed by atoms with Crippen molar-refractivity contribution in [2.45, 2.75) is 83.4 Å². The van der Waals surface area contributed by atoms with Gasteiger partial charge in [0, 0.05) is 5.57 Å². The van der Waals surface area contributed by atoms with E-state index in [2.05, 4.69) is 13.5 Å². The smallest absolute Gasteiger partial charge is 0.334 e. The van der Waals surface area contributed by atoms with Gasteiger partial charge in [-0.2, -0.15) is 0 Å². The fraction of sp³-hybridized carbons (Fsp3) is 0.760. The standard InChI is InChI=1S/C25H36O8/c1-14-5-8-18-24(2,16(14)7-6-15-9-12-31-21(15)29)10-4-11-25(18,3)23(30)33-22-20(28)19(27)17(13-26)32-22/h9,16-20,22,26-28H,1,4-8,10-13H2,2-3H3/t16-,17-,18+,19-,20+,22-,24+,25-/m0/s1. The molecule has 0 unspecified atom stereocenters. The van der Waals surface area contributed by atoms with Crippen LogP contribution in [0.25, 0.3) is 0 Å². The van der Waals surface area contributed by atoms with Gasteiger partial charge in [0.05, 0.1) is 12.0 Å². The number of carbonyl (C=O) groups excluding carboxylic acids is 2. The molecule has 2 heterocycles. The van der Waals surface area contributed by atoms with Crippen molar-refractivity contribution in [2.24, 2.45) is 22.7 Å². The Balaban J connectivity index is 1.51. The van der Waals surface area contributed by atoms with E-state index in [1.165, 1.54) is 5.57 Å². The Bertz CT molecular complexity index is 836. The van der Waals surface area contributed by atoms with Crippen LogP contribution in [0.15, 0.2) is 23.8 Å². The largest absolute Gasteiger partial charge is 0.458 e. The van der Waals surface area contributed by atoms with E-state index >= 15 is 0 Å². The quantitative estimate of drug-likeness (QED) is 0.403. The zero-order chi connectivity index (χ0) is 24.0. The topological polar surface area (TPSA) is 123 Å². The molecular weight excluding hydrogens is 428 g/mol. The highest BCUT2D eigenvalue weighted by Gasteiger charge is 2.59. The first-order chi connectivity index (χ1) is 15.6. The number of rotatable bonds is 6. The zero-order valence-electron chi connectivity index (χ0n) is 19.5. The van der Waals surface area contributed by atoms with E-state index in [1.54, 1.807) is 0 Å². The van der Waals surface area contributed by atoms with Crippen molar-refractivity contribution in [1.29, 1.82) is 0 Å². The molecule has 0 spiro atoms. The van der Waals surface area contributed by atoms with Gasteiger partial charge in [0.2, 0.25) is 6.29 Å². The van der Waals surface area contributed by atoms with Crippen LogP contribution in [0.3, 0.4) is 0 Å². The highest BCUT2D eigenvalue weighted by Crippen LogP contribution is 2.62. The number of cyclic esters (lactones) is 1. The van der Waals surface area contributed by atoms with Crippen LogP contribution >= 0.6 is 0 Å². The van der Waals surface area contributed by atoms with Crippen molar-refractivity contribution in [1.82, 2.24) is 0 Å². The monoisotopic (exact) mass is 464 g/mol. The fourth-order valence-electron chi connectivity index (χ4n) is 6.83. The highest BCUT2D eigenvalue weighted by atomic mass is 16.7. The third-order valence-corrected chi connectivity index (χ3v) is 8.72. The lowest BCUT2D eigenvalue weighted by Crippen LogP contribution is -2.54. The molecule has 8 atom stereocenters. The number of ether oxygens (including phenoxy) is 3. The van der Waals surface area contributed by atoms with Crippen molar-refractivity contribution in [3.05, 3.63) is 23.8 Å². The summed E-state index contributed by atoms with van der Waals surface area (Å²) in [6.45, 7) is 8.37. The number of esters is 2. The summed E-state index contributed by atoms with van der Waals surface area (Å²) in [6, 6.07) is 0. The first kappa shape index (κ1) is 24.4. The Hall–Kier alpha value is -1.74. The lowest BCUT2D eigenvalue weighted by molar-refractivity contribution is -0.210. The molecule has 4 aliphatic rings. The number of aliphatic hydroxyl groups is 3. The molecule has 3 N–H and O–H groups in total. The minimum absolute atomic E-state index is 0.0448. The fourth-order valence-corrected chi connectivity index (χ4v) is 6.83. The van der Waals surface area contributed by atoms with Gasteiger partial charge >= 0.3 is 11.9 Å². The Morgan fingerprint density at radius 1 is 1.27 bits per heavy atom. The first-order valence-corrected chi connectivity index (χ1v) is 12.0. The van der Waals surface area contributed by atoms with Crippen molar-refractivity contribution < 1.29 is 39.1 Å². The van der Waals surface area contributed by atoms with E-state index in [0.717, 1.165) is 37.7 Å². The van der Waals surface area contributed by atoms with Gasteiger partial charge in [-0.25, -0.2) is 4.79 Å². The molecule has 0 radical (unpaired) electrons. The van der Waals surface area contributed by atoms with Crippen molar-refractivity contribution in [3.63, 3.8) is 0 Å². The molecule has 0 bridgehead atoms. The third kappa shape index (κ3) is 4.16. The van der Waals surface area contributed by atoms with Gasteiger partial charge in [-0.3, -0.25) is 4.79 Å². The van der Waals surface area contributed by atoms with E-state index in [-0.39, 0.29) is 23.2 Å². The third-order valence-electron chi connectivity index (χ3n) is 8.72. The van der Waals surface area contributed by atoms with Crippen LogP contribution in [-0.4, -0.2) is 65.1 Å². The summed E-state index contributed by atoms with van der Waals surface area (Å²) in [5.74, 6) is -0.467. The number of hydrogen-bond acceptors (Lipinski definition) is 8. The lowest BCUT2D eigenvalue weighted by atomic mass is 9.46. The summed E-state index contributed by atoms with van der Waals surface area (Å²) in [6.07, 6.45) is 2.37. The minimum atomic E-state index is -1.40. The van der Waals surface area contributed by atoms with E-state index in [9.17, 15) is 24.9 Å². The highest BCUT2D eigenvalue weighted by molar-refractivity contribution is 5.90. The van der Waals surface area contributed by atoms with Gasteiger partial charge < -0.3 is 29.5 Å². The second-order valence-electron chi connectivity index (χ2n) is 10.6. The Morgan fingerprint density at radius 3 is 2.67 bits per heavy atom. The molecule has 33 heavy (non-hydrogen) atoms. The van der Waals surface area contributed by atoms with Crippen LogP contribution in [0.4, 0.5) is 0 Å². The molecule has 1 saturated heterocycles. The summed E-state index contributed by atoms with van der Waals surface area (Å²) in [5.41, 5.74) is 0.938. The molecule has 184 valence electrons. The van der Waals surface area contributed by atoms with Crippen LogP contribution in [-0.2, 0) is 23.8 Å². The Labute approximate surface area is 194 Å². The summed E-state index contributed by atoms with van der Waals surface area (Å²) in [5, 5.41) is 29.5. The van der Waals surface area contributed by atoms with E-state index in [4.69, 9.17) is 14.2 Å². The number of aliphatic hydroxyl groups excluding tert-OH is 3. The molecule has 0 aromatic carbocycles. The maximum absolute atomic E-state index is 13.5. The molecule has 0 aromatic heterocycles. The molecule has 0 amide bonds. The lowest BCUT2D eigenvalue weighted by Gasteiger charge is -2.57. The first-order valence-electron chi connectivity index (χ1n) is 12.0. The summed E-state index contributed by atoms with van der Waals surface area (Å²) in [7, 11) is 0. The van der Waals surface area contributed by atoms with Crippen LogP contribution in [0.2, 0.25) is 0 Å². The Kier molecular flexibility index (Phi) is 6.75. The Morgan fingerprint density at radius 2 is 2.03 bits per heavy atom. The molecular formula is C25H36O8.